The molecule has 4 aromatic rings. The third-order valence-electron chi connectivity index (χ3n) is 4.60. The molecule has 0 atom stereocenters. The summed E-state index contributed by atoms with van der Waals surface area (Å²) in [5, 5.41) is 24.4. The Bertz CT molecular complexity index is 1150. The molecule has 30 heavy (non-hydrogen) atoms. The van der Waals surface area contributed by atoms with Crippen LogP contribution >= 0.6 is 0 Å². The van der Waals surface area contributed by atoms with Crippen LogP contribution in [0.1, 0.15) is 21.5 Å². The van der Waals surface area contributed by atoms with Crippen molar-refractivity contribution in [1.82, 2.24) is 25.8 Å². The van der Waals surface area contributed by atoms with E-state index < -0.39 is 0 Å². The maximum Gasteiger partial charge on any atom is 0.255 e. The van der Waals surface area contributed by atoms with Gasteiger partial charge >= 0.3 is 0 Å². The van der Waals surface area contributed by atoms with E-state index >= 15 is 0 Å². The van der Waals surface area contributed by atoms with Gasteiger partial charge < -0.3 is 16.0 Å². The van der Waals surface area contributed by atoms with E-state index in [1.807, 2.05) is 42.5 Å². The van der Waals surface area contributed by atoms with Crippen LogP contribution in [-0.4, -0.2) is 27.0 Å². The SMILES string of the molecule is N=C(NCc1ccccc1)NCc1ccc(C(=O)Nc2ccnc3[nH]ncc23)cc1. The molecule has 0 saturated carbocycles. The number of amides is 1. The molecule has 0 aliphatic heterocycles. The van der Waals surface area contributed by atoms with Crippen LogP contribution in [0.4, 0.5) is 5.69 Å². The summed E-state index contributed by atoms with van der Waals surface area (Å²) in [7, 11) is 0. The van der Waals surface area contributed by atoms with Crippen LogP contribution in [0.15, 0.2) is 73.1 Å². The van der Waals surface area contributed by atoms with E-state index in [-0.39, 0.29) is 11.9 Å². The summed E-state index contributed by atoms with van der Waals surface area (Å²) in [6, 6.07) is 18.9. The monoisotopic (exact) mass is 399 g/mol. The first-order valence-corrected chi connectivity index (χ1v) is 9.47. The van der Waals surface area contributed by atoms with Gasteiger partial charge in [0.15, 0.2) is 11.6 Å². The van der Waals surface area contributed by atoms with Crippen molar-refractivity contribution in [1.29, 1.82) is 5.41 Å². The van der Waals surface area contributed by atoms with Crippen molar-refractivity contribution in [2.45, 2.75) is 13.1 Å². The Kier molecular flexibility index (Phi) is 5.66. The van der Waals surface area contributed by atoms with Crippen LogP contribution in [0.25, 0.3) is 11.0 Å². The number of H-pyrrole nitrogens is 1. The molecule has 2 heterocycles. The third kappa shape index (κ3) is 4.61. The normalized spacial score (nSPS) is 10.5. The van der Waals surface area contributed by atoms with Gasteiger partial charge in [0, 0.05) is 24.8 Å². The third-order valence-corrected chi connectivity index (χ3v) is 4.60. The highest BCUT2D eigenvalue weighted by molar-refractivity contribution is 6.08. The molecule has 8 nitrogen and oxygen atoms in total. The quantitative estimate of drug-likeness (QED) is 0.252. The molecule has 2 aromatic heterocycles. The summed E-state index contributed by atoms with van der Waals surface area (Å²) in [6.45, 7) is 1.08. The summed E-state index contributed by atoms with van der Waals surface area (Å²) in [6.07, 6.45) is 3.25. The van der Waals surface area contributed by atoms with Crippen molar-refractivity contribution >= 4 is 28.6 Å². The smallest absolute Gasteiger partial charge is 0.255 e. The van der Waals surface area contributed by atoms with Gasteiger partial charge in [0.05, 0.1) is 17.3 Å². The highest BCUT2D eigenvalue weighted by Gasteiger charge is 2.10. The van der Waals surface area contributed by atoms with Crippen LogP contribution in [0.5, 0.6) is 0 Å². The molecule has 0 aliphatic carbocycles. The van der Waals surface area contributed by atoms with Crippen LogP contribution < -0.4 is 16.0 Å². The summed E-state index contributed by atoms with van der Waals surface area (Å²) >= 11 is 0. The van der Waals surface area contributed by atoms with E-state index in [1.165, 1.54) is 0 Å². The molecule has 0 bridgehead atoms. The van der Waals surface area contributed by atoms with Crippen LogP contribution in [-0.2, 0) is 13.1 Å². The first-order valence-electron chi connectivity index (χ1n) is 9.47. The second kappa shape index (κ2) is 8.87. The number of nitrogens with zero attached hydrogens (tertiary/aromatic N) is 2. The highest BCUT2D eigenvalue weighted by Crippen LogP contribution is 2.20. The zero-order valence-electron chi connectivity index (χ0n) is 16.1. The van der Waals surface area contributed by atoms with Crippen molar-refractivity contribution in [3.63, 3.8) is 0 Å². The number of anilines is 1. The lowest BCUT2D eigenvalue weighted by molar-refractivity contribution is 0.102. The van der Waals surface area contributed by atoms with Gasteiger partial charge in [-0.05, 0) is 29.3 Å². The first kappa shape index (κ1) is 19.1. The number of guanidine groups is 1. The number of pyridine rings is 1. The van der Waals surface area contributed by atoms with E-state index in [9.17, 15) is 4.79 Å². The van der Waals surface area contributed by atoms with Crippen molar-refractivity contribution < 1.29 is 4.79 Å². The lowest BCUT2D eigenvalue weighted by Crippen LogP contribution is -2.35. The number of hydrogen-bond donors (Lipinski definition) is 5. The average molecular weight is 399 g/mol. The second-order valence-electron chi connectivity index (χ2n) is 6.71. The molecule has 0 radical (unpaired) electrons. The molecule has 5 N–H and O–H groups in total. The molecule has 0 fully saturated rings. The van der Waals surface area contributed by atoms with Crippen LogP contribution in [0.2, 0.25) is 0 Å². The molecule has 2 aromatic carbocycles. The van der Waals surface area contributed by atoms with Gasteiger partial charge in [-0.3, -0.25) is 15.3 Å². The predicted molar refractivity (Wildman–Crippen MR) is 116 cm³/mol. The molecule has 0 unspecified atom stereocenters. The first-order chi connectivity index (χ1) is 14.7. The Labute approximate surface area is 173 Å². The predicted octanol–water partition coefficient (Wildman–Crippen LogP) is 3.02. The molecule has 0 saturated heterocycles. The maximum atomic E-state index is 12.6. The van der Waals surface area contributed by atoms with Crippen LogP contribution in [0, 0.1) is 5.41 Å². The zero-order chi connectivity index (χ0) is 20.8. The molecular weight excluding hydrogens is 378 g/mol. The Hall–Kier alpha value is -4.20. The van der Waals surface area contributed by atoms with Gasteiger partial charge in [-0.25, -0.2) is 4.98 Å². The summed E-state index contributed by atoms with van der Waals surface area (Å²) in [5.41, 5.74) is 3.91. The lowest BCUT2D eigenvalue weighted by atomic mass is 10.1. The number of benzene rings is 2. The van der Waals surface area contributed by atoms with Gasteiger partial charge in [-0.15, -0.1) is 0 Å². The fraction of sp³-hybridized carbons (Fsp3) is 0.0909. The number of rotatable bonds is 6. The minimum Gasteiger partial charge on any atom is -0.353 e. The molecule has 4 rings (SSSR count). The Morgan fingerprint density at radius 3 is 2.37 bits per heavy atom. The van der Waals surface area contributed by atoms with E-state index in [2.05, 4.69) is 31.1 Å². The van der Waals surface area contributed by atoms with Crippen molar-refractivity contribution in [3.8, 4) is 0 Å². The Morgan fingerprint density at radius 1 is 0.933 bits per heavy atom. The van der Waals surface area contributed by atoms with Gasteiger partial charge in [-0.2, -0.15) is 5.10 Å². The number of carbonyl (C=O) groups excluding carboxylic acids is 1. The molecule has 150 valence electrons. The second-order valence-corrected chi connectivity index (χ2v) is 6.71. The van der Waals surface area contributed by atoms with Crippen molar-refractivity contribution in [3.05, 3.63) is 89.7 Å². The summed E-state index contributed by atoms with van der Waals surface area (Å²) < 4.78 is 0. The van der Waals surface area contributed by atoms with Gasteiger partial charge in [-0.1, -0.05) is 42.5 Å². The van der Waals surface area contributed by atoms with Gasteiger partial charge in [0.2, 0.25) is 0 Å². The number of hydrogen-bond acceptors (Lipinski definition) is 4. The number of fused-ring (bicyclic) bond motifs is 1. The molecule has 1 amide bonds. The zero-order valence-corrected chi connectivity index (χ0v) is 16.1. The maximum absolute atomic E-state index is 12.6. The lowest BCUT2D eigenvalue weighted by Gasteiger charge is -2.11. The number of nitrogens with one attached hydrogen (secondary N) is 5. The minimum atomic E-state index is -0.208. The van der Waals surface area contributed by atoms with E-state index in [0.29, 0.717) is 30.0 Å². The van der Waals surface area contributed by atoms with Crippen molar-refractivity contribution in [2.24, 2.45) is 0 Å². The number of carbonyl (C=O) groups is 1. The summed E-state index contributed by atoms with van der Waals surface area (Å²) in [4.78, 5) is 16.7. The Balaban J connectivity index is 1.29. The molecule has 0 aliphatic rings. The fourth-order valence-corrected chi connectivity index (χ4v) is 2.97. The molecular formula is C22H21N7O. The van der Waals surface area contributed by atoms with Gasteiger partial charge in [0.25, 0.3) is 5.91 Å². The van der Waals surface area contributed by atoms with Gasteiger partial charge in [0.1, 0.15) is 0 Å². The van der Waals surface area contributed by atoms with Crippen molar-refractivity contribution in [2.75, 3.05) is 5.32 Å². The van der Waals surface area contributed by atoms with Crippen LogP contribution in [0.3, 0.4) is 0 Å². The topological polar surface area (TPSA) is 119 Å². The van der Waals surface area contributed by atoms with E-state index in [4.69, 9.17) is 5.41 Å². The highest BCUT2D eigenvalue weighted by atomic mass is 16.1. The average Bonchev–Trinajstić information content (AvgIpc) is 3.27. The minimum absolute atomic E-state index is 0.208. The molecule has 8 heteroatoms. The summed E-state index contributed by atoms with van der Waals surface area (Å²) in [5.74, 6) is 0.0444. The largest absolute Gasteiger partial charge is 0.353 e. The number of aromatic nitrogens is 3. The molecule has 0 spiro atoms. The Morgan fingerprint density at radius 2 is 1.63 bits per heavy atom. The van der Waals surface area contributed by atoms with E-state index in [1.54, 1.807) is 30.6 Å². The fourth-order valence-electron chi connectivity index (χ4n) is 2.97. The number of aromatic amines is 1. The van der Waals surface area contributed by atoms with E-state index in [0.717, 1.165) is 16.5 Å². The standard InChI is InChI=1S/C22H21N7O/c23-22(25-12-15-4-2-1-3-5-15)26-13-16-6-8-17(9-7-16)21(30)28-19-10-11-24-20-18(19)14-27-29-20/h1-11,14H,12-13H2,(H3,23,25,26)(H2,24,27,28,29,30).